The molecule has 2 unspecified atom stereocenters. The second kappa shape index (κ2) is 7.04. The van der Waals surface area contributed by atoms with Crippen LogP contribution in [0.4, 0.5) is 0 Å². The van der Waals surface area contributed by atoms with Gasteiger partial charge >= 0.3 is 0 Å². The Kier molecular flexibility index (Phi) is 4.87. The van der Waals surface area contributed by atoms with Crippen molar-refractivity contribution in [3.05, 3.63) is 42.1 Å². The molecular weight excluding hydrogens is 256 g/mol. The van der Waals surface area contributed by atoms with E-state index in [1.807, 2.05) is 12.3 Å². The third-order valence-electron chi connectivity index (χ3n) is 4.77. The van der Waals surface area contributed by atoms with Crippen molar-refractivity contribution in [3.63, 3.8) is 0 Å². The lowest BCUT2D eigenvalue weighted by molar-refractivity contribution is 0.275. The van der Waals surface area contributed by atoms with Gasteiger partial charge in [-0.15, -0.1) is 0 Å². The lowest BCUT2D eigenvalue weighted by atomic mass is 9.82. The van der Waals surface area contributed by atoms with Gasteiger partial charge in [0.15, 0.2) is 0 Å². The highest BCUT2D eigenvalue weighted by atomic mass is 14.9. The second-order valence-electron chi connectivity index (χ2n) is 6.58. The third kappa shape index (κ3) is 3.82. The molecule has 1 aliphatic carbocycles. The molecule has 0 radical (unpaired) electrons. The predicted octanol–water partition coefficient (Wildman–Crippen LogP) is 4.19. The number of fused-ring (bicyclic) bond motifs is 1. The van der Waals surface area contributed by atoms with Crippen LogP contribution in [0.1, 0.15) is 38.2 Å². The Bertz CT molecular complexity index is 573. The Morgan fingerprint density at radius 1 is 1.19 bits per heavy atom. The van der Waals surface area contributed by atoms with E-state index >= 15 is 0 Å². The molecule has 1 saturated carbocycles. The Labute approximate surface area is 128 Å². The highest BCUT2D eigenvalue weighted by molar-refractivity contribution is 5.81. The number of pyridine rings is 1. The van der Waals surface area contributed by atoms with Gasteiger partial charge in [0.2, 0.25) is 0 Å². The van der Waals surface area contributed by atoms with Crippen molar-refractivity contribution in [2.75, 3.05) is 13.1 Å². The number of hydrogen-bond acceptors (Lipinski definition) is 2. The van der Waals surface area contributed by atoms with Crippen LogP contribution in [0.25, 0.3) is 10.9 Å². The quantitative estimate of drug-likeness (QED) is 0.832. The first kappa shape index (κ1) is 14.5. The summed E-state index contributed by atoms with van der Waals surface area (Å²) in [7, 11) is 0. The van der Waals surface area contributed by atoms with Crippen molar-refractivity contribution in [2.45, 2.75) is 39.0 Å². The molecule has 0 amide bonds. The minimum atomic E-state index is 0.888. The second-order valence-corrected chi connectivity index (χ2v) is 6.58. The SMILES string of the molecule is CC1CCCC(CNCCc2cccc3cccnc23)C1. The summed E-state index contributed by atoms with van der Waals surface area (Å²) in [5.41, 5.74) is 2.52. The van der Waals surface area contributed by atoms with Gasteiger partial charge in [-0.25, -0.2) is 0 Å². The van der Waals surface area contributed by atoms with Gasteiger partial charge < -0.3 is 5.32 Å². The van der Waals surface area contributed by atoms with E-state index in [1.165, 1.54) is 43.2 Å². The average Bonchev–Trinajstić information content (AvgIpc) is 2.52. The summed E-state index contributed by atoms with van der Waals surface area (Å²) >= 11 is 0. The standard InChI is InChI=1S/C19H26N2/c1-15-5-2-6-16(13-15)14-20-12-10-18-8-3-7-17-9-4-11-21-19(17)18/h3-4,7-9,11,15-16,20H,2,5-6,10,12-14H2,1H3. The molecule has 1 aromatic heterocycles. The number of rotatable bonds is 5. The number of nitrogens with zero attached hydrogens (tertiary/aromatic N) is 1. The highest BCUT2D eigenvalue weighted by Crippen LogP contribution is 2.27. The Balaban J connectivity index is 1.50. The van der Waals surface area contributed by atoms with Crippen LogP contribution in [0.3, 0.4) is 0 Å². The largest absolute Gasteiger partial charge is 0.316 e. The van der Waals surface area contributed by atoms with Crippen molar-refractivity contribution in [1.82, 2.24) is 10.3 Å². The van der Waals surface area contributed by atoms with Crippen LogP contribution < -0.4 is 5.32 Å². The van der Waals surface area contributed by atoms with Crippen LogP contribution in [-0.4, -0.2) is 18.1 Å². The van der Waals surface area contributed by atoms with E-state index < -0.39 is 0 Å². The summed E-state index contributed by atoms with van der Waals surface area (Å²) in [4.78, 5) is 4.53. The van der Waals surface area contributed by atoms with Crippen molar-refractivity contribution in [2.24, 2.45) is 11.8 Å². The van der Waals surface area contributed by atoms with Crippen LogP contribution in [0.5, 0.6) is 0 Å². The van der Waals surface area contributed by atoms with Crippen LogP contribution >= 0.6 is 0 Å². The molecule has 1 aromatic carbocycles. The minimum Gasteiger partial charge on any atom is -0.316 e. The molecule has 1 heterocycles. The monoisotopic (exact) mass is 282 g/mol. The molecule has 0 saturated heterocycles. The van der Waals surface area contributed by atoms with E-state index in [0.29, 0.717) is 0 Å². The smallest absolute Gasteiger partial charge is 0.0734 e. The molecule has 0 bridgehead atoms. The molecule has 3 rings (SSSR count). The predicted molar refractivity (Wildman–Crippen MR) is 89.4 cm³/mol. The number of aromatic nitrogens is 1. The normalized spacial score (nSPS) is 22.5. The maximum absolute atomic E-state index is 4.53. The number of hydrogen-bond donors (Lipinski definition) is 1. The van der Waals surface area contributed by atoms with Gasteiger partial charge in [-0.3, -0.25) is 4.98 Å². The Hall–Kier alpha value is -1.41. The number of nitrogens with one attached hydrogen (secondary N) is 1. The number of para-hydroxylation sites is 1. The maximum atomic E-state index is 4.53. The molecule has 112 valence electrons. The lowest BCUT2D eigenvalue weighted by Gasteiger charge is -2.26. The summed E-state index contributed by atoms with van der Waals surface area (Å²) in [6.45, 7) is 4.64. The first-order valence-corrected chi connectivity index (χ1v) is 8.36. The van der Waals surface area contributed by atoms with E-state index in [2.05, 4.69) is 41.5 Å². The average molecular weight is 282 g/mol. The Morgan fingerprint density at radius 2 is 2.10 bits per heavy atom. The summed E-state index contributed by atoms with van der Waals surface area (Å²) in [6, 6.07) is 10.6. The van der Waals surface area contributed by atoms with Gasteiger partial charge in [0, 0.05) is 11.6 Å². The zero-order chi connectivity index (χ0) is 14.5. The van der Waals surface area contributed by atoms with Gasteiger partial charge in [0.1, 0.15) is 0 Å². The van der Waals surface area contributed by atoms with Crippen molar-refractivity contribution < 1.29 is 0 Å². The maximum Gasteiger partial charge on any atom is 0.0734 e. The molecule has 1 aliphatic rings. The topological polar surface area (TPSA) is 24.9 Å². The van der Waals surface area contributed by atoms with Gasteiger partial charge in [-0.2, -0.15) is 0 Å². The van der Waals surface area contributed by atoms with Crippen LogP contribution in [0.15, 0.2) is 36.5 Å². The summed E-state index contributed by atoms with van der Waals surface area (Å²) in [6.07, 6.45) is 8.62. The van der Waals surface area contributed by atoms with E-state index in [-0.39, 0.29) is 0 Å². The lowest BCUT2D eigenvalue weighted by Crippen LogP contribution is -2.28. The molecule has 1 N–H and O–H groups in total. The molecule has 0 aliphatic heterocycles. The summed E-state index contributed by atoms with van der Waals surface area (Å²) < 4.78 is 0. The van der Waals surface area contributed by atoms with Crippen molar-refractivity contribution >= 4 is 10.9 Å². The van der Waals surface area contributed by atoms with Crippen molar-refractivity contribution in [1.29, 1.82) is 0 Å². The van der Waals surface area contributed by atoms with Crippen molar-refractivity contribution in [3.8, 4) is 0 Å². The Morgan fingerprint density at radius 3 is 3.00 bits per heavy atom. The van der Waals surface area contributed by atoms with Crippen LogP contribution in [0.2, 0.25) is 0 Å². The zero-order valence-corrected chi connectivity index (χ0v) is 13.0. The first-order valence-electron chi connectivity index (χ1n) is 8.36. The summed E-state index contributed by atoms with van der Waals surface area (Å²) in [5.74, 6) is 1.81. The van der Waals surface area contributed by atoms with Gasteiger partial charge in [0.25, 0.3) is 0 Å². The molecule has 2 nitrogen and oxygen atoms in total. The molecule has 2 atom stereocenters. The molecular formula is C19H26N2. The van der Waals surface area contributed by atoms with Crippen LogP contribution in [0, 0.1) is 11.8 Å². The fourth-order valence-corrected chi connectivity index (χ4v) is 3.64. The zero-order valence-electron chi connectivity index (χ0n) is 13.0. The van der Waals surface area contributed by atoms with Gasteiger partial charge in [-0.05, 0) is 55.8 Å². The minimum absolute atomic E-state index is 0.888. The molecule has 1 fully saturated rings. The first-order chi connectivity index (χ1) is 10.3. The van der Waals surface area contributed by atoms with Gasteiger partial charge in [-0.1, -0.05) is 44.0 Å². The van der Waals surface area contributed by atoms with E-state index in [0.717, 1.165) is 30.3 Å². The number of benzene rings is 1. The van der Waals surface area contributed by atoms with Crippen LogP contribution in [-0.2, 0) is 6.42 Å². The fourth-order valence-electron chi connectivity index (χ4n) is 3.64. The summed E-state index contributed by atoms with van der Waals surface area (Å²) in [5, 5.41) is 4.91. The molecule has 21 heavy (non-hydrogen) atoms. The molecule has 2 heteroatoms. The molecule has 2 aromatic rings. The van der Waals surface area contributed by atoms with Gasteiger partial charge in [0.05, 0.1) is 5.52 Å². The highest BCUT2D eigenvalue weighted by Gasteiger charge is 2.18. The van der Waals surface area contributed by atoms with E-state index in [9.17, 15) is 0 Å². The van der Waals surface area contributed by atoms with E-state index in [1.54, 1.807) is 0 Å². The van der Waals surface area contributed by atoms with E-state index in [4.69, 9.17) is 0 Å². The fraction of sp³-hybridized carbons (Fsp3) is 0.526. The third-order valence-corrected chi connectivity index (χ3v) is 4.77. The molecule has 0 spiro atoms.